The van der Waals surface area contributed by atoms with E-state index < -0.39 is 20.7 Å². The first-order valence-electron chi connectivity index (χ1n) is 8.68. The Morgan fingerprint density at radius 2 is 1.67 bits per heavy atom. The summed E-state index contributed by atoms with van der Waals surface area (Å²) in [5.74, 6) is -0.809. The molecule has 30 heavy (non-hydrogen) atoms. The normalized spacial score (nSPS) is 11.2. The summed E-state index contributed by atoms with van der Waals surface area (Å²) in [5.41, 5.74) is 1.48. The number of rotatable bonds is 5. The standard InChI is InChI=1S/C21H16ClNO6S/c1-13-3-10-20(14(2)11-13)30(27,28)17-8-9-19(18(22)12-17)29-21(24)15-4-6-16(7-5-15)23(25)26/h3-12H,1-2H3. The van der Waals surface area contributed by atoms with Crippen molar-refractivity contribution >= 4 is 33.1 Å². The lowest BCUT2D eigenvalue weighted by Crippen LogP contribution is -2.09. The fourth-order valence-electron chi connectivity index (χ4n) is 2.84. The number of nitrogens with zero attached hydrogens (tertiary/aromatic N) is 1. The van der Waals surface area contributed by atoms with Gasteiger partial charge in [0.15, 0.2) is 0 Å². The van der Waals surface area contributed by atoms with Crippen LogP contribution in [0.4, 0.5) is 5.69 Å². The zero-order valence-electron chi connectivity index (χ0n) is 16.0. The number of aryl methyl sites for hydroxylation is 2. The van der Waals surface area contributed by atoms with E-state index >= 15 is 0 Å². The molecule has 154 valence electrons. The molecule has 0 spiro atoms. The number of halogens is 1. The fourth-order valence-corrected chi connectivity index (χ4v) is 4.63. The summed E-state index contributed by atoms with van der Waals surface area (Å²) < 4.78 is 31.1. The Balaban J connectivity index is 1.86. The quantitative estimate of drug-likeness (QED) is 0.239. The molecule has 0 bridgehead atoms. The molecular formula is C21H16ClNO6S. The molecule has 7 nitrogen and oxygen atoms in total. The molecule has 0 heterocycles. The molecule has 9 heteroatoms. The van der Waals surface area contributed by atoms with Crippen LogP contribution in [0.1, 0.15) is 21.5 Å². The monoisotopic (exact) mass is 445 g/mol. The molecule has 0 N–H and O–H groups in total. The molecule has 0 saturated carbocycles. The summed E-state index contributed by atoms with van der Waals surface area (Å²) in [5, 5.41) is 10.6. The van der Waals surface area contributed by atoms with Gasteiger partial charge in [0.1, 0.15) is 5.75 Å². The minimum absolute atomic E-state index is 0.0282. The molecule has 0 aliphatic rings. The Morgan fingerprint density at radius 1 is 1.00 bits per heavy atom. The smallest absolute Gasteiger partial charge is 0.343 e. The maximum atomic E-state index is 12.9. The molecule has 0 atom stereocenters. The van der Waals surface area contributed by atoms with Crippen molar-refractivity contribution in [3.05, 3.63) is 92.5 Å². The zero-order chi connectivity index (χ0) is 22.1. The highest BCUT2D eigenvalue weighted by atomic mass is 35.5. The van der Waals surface area contributed by atoms with E-state index in [-0.39, 0.29) is 31.8 Å². The Labute approximate surface area is 177 Å². The predicted octanol–water partition coefficient (Wildman–Crippen LogP) is 4.92. The molecule has 0 saturated heterocycles. The fraction of sp³-hybridized carbons (Fsp3) is 0.0952. The average molecular weight is 446 g/mol. The van der Waals surface area contributed by atoms with Crippen molar-refractivity contribution in [2.45, 2.75) is 23.6 Å². The van der Waals surface area contributed by atoms with Crippen LogP contribution in [0.15, 0.2) is 70.5 Å². The van der Waals surface area contributed by atoms with Crippen LogP contribution in [0.2, 0.25) is 5.02 Å². The third-order valence-corrected chi connectivity index (χ3v) is 6.56. The maximum absolute atomic E-state index is 12.9. The molecule has 3 aromatic rings. The van der Waals surface area contributed by atoms with Crippen molar-refractivity contribution in [1.29, 1.82) is 0 Å². The second kappa shape index (κ2) is 8.25. The van der Waals surface area contributed by atoms with Gasteiger partial charge in [0.05, 0.1) is 25.3 Å². The van der Waals surface area contributed by atoms with Crippen molar-refractivity contribution in [1.82, 2.24) is 0 Å². The van der Waals surface area contributed by atoms with Crippen LogP contribution < -0.4 is 4.74 Å². The van der Waals surface area contributed by atoms with Gasteiger partial charge < -0.3 is 4.74 Å². The van der Waals surface area contributed by atoms with Crippen LogP contribution >= 0.6 is 11.6 Å². The van der Waals surface area contributed by atoms with Crippen LogP contribution in [0.5, 0.6) is 5.75 Å². The molecule has 0 unspecified atom stereocenters. The van der Waals surface area contributed by atoms with Gasteiger partial charge in [-0.05, 0) is 55.8 Å². The van der Waals surface area contributed by atoms with Crippen LogP contribution in [0, 0.1) is 24.0 Å². The summed E-state index contributed by atoms with van der Waals surface area (Å²) in [7, 11) is -3.81. The van der Waals surface area contributed by atoms with Crippen LogP contribution in [0.25, 0.3) is 0 Å². The molecule has 3 aromatic carbocycles. The Hall–Kier alpha value is -3.23. The van der Waals surface area contributed by atoms with Gasteiger partial charge in [-0.1, -0.05) is 29.3 Å². The molecule has 0 aromatic heterocycles. The minimum Gasteiger partial charge on any atom is -0.421 e. The van der Waals surface area contributed by atoms with E-state index in [1.54, 1.807) is 19.1 Å². The number of non-ortho nitro benzene ring substituents is 1. The van der Waals surface area contributed by atoms with E-state index in [1.807, 2.05) is 6.92 Å². The molecule has 0 radical (unpaired) electrons. The third kappa shape index (κ3) is 4.34. The van der Waals surface area contributed by atoms with Crippen molar-refractivity contribution in [2.75, 3.05) is 0 Å². The lowest BCUT2D eigenvalue weighted by Gasteiger charge is -2.11. The Morgan fingerprint density at radius 3 is 2.23 bits per heavy atom. The first-order chi connectivity index (χ1) is 14.1. The van der Waals surface area contributed by atoms with Gasteiger partial charge >= 0.3 is 5.97 Å². The molecule has 0 aliphatic carbocycles. The summed E-state index contributed by atoms with van der Waals surface area (Å²) in [6, 6.07) is 13.7. The Kier molecular flexibility index (Phi) is 5.91. The van der Waals surface area contributed by atoms with Crippen LogP contribution in [0.3, 0.4) is 0 Å². The SMILES string of the molecule is Cc1ccc(S(=O)(=O)c2ccc(OC(=O)c3ccc([N+](=O)[O-])cc3)c(Cl)c2)c(C)c1. The molecule has 3 rings (SSSR count). The van der Waals surface area contributed by atoms with Crippen molar-refractivity contribution in [3.8, 4) is 5.75 Å². The summed E-state index contributed by atoms with van der Waals surface area (Å²) >= 11 is 6.16. The maximum Gasteiger partial charge on any atom is 0.343 e. The van der Waals surface area contributed by atoms with E-state index in [2.05, 4.69) is 0 Å². The van der Waals surface area contributed by atoms with E-state index in [9.17, 15) is 23.3 Å². The third-order valence-electron chi connectivity index (χ3n) is 4.35. The zero-order valence-corrected chi connectivity index (χ0v) is 17.5. The molecular weight excluding hydrogens is 430 g/mol. The number of hydrogen-bond acceptors (Lipinski definition) is 6. The van der Waals surface area contributed by atoms with Crippen LogP contribution in [-0.2, 0) is 9.84 Å². The van der Waals surface area contributed by atoms with Gasteiger partial charge in [-0.15, -0.1) is 0 Å². The van der Waals surface area contributed by atoms with Gasteiger partial charge in [0.2, 0.25) is 9.84 Å². The number of nitro groups is 1. The van der Waals surface area contributed by atoms with Crippen molar-refractivity contribution in [2.24, 2.45) is 0 Å². The van der Waals surface area contributed by atoms with Gasteiger partial charge in [0.25, 0.3) is 5.69 Å². The van der Waals surface area contributed by atoms with Gasteiger partial charge in [-0.25, -0.2) is 13.2 Å². The largest absolute Gasteiger partial charge is 0.421 e. The van der Waals surface area contributed by atoms with Crippen molar-refractivity contribution in [3.63, 3.8) is 0 Å². The number of hydrogen-bond donors (Lipinski definition) is 0. The molecule has 0 aliphatic heterocycles. The second-order valence-corrected chi connectivity index (χ2v) is 8.88. The second-order valence-electron chi connectivity index (χ2n) is 6.56. The predicted molar refractivity (Wildman–Crippen MR) is 111 cm³/mol. The number of carbonyl (C=O) groups excluding carboxylic acids is 1. The molecule has 0 amide bonds. The number of benzene rings is 3. The number of esters is 1. The Bertz CT molecular complexity index is 1250. The summed E-state index contributed by atoms with van der Waals surface area (Å²) in [6.45, 7) is 3.58. The van der Waals surface area contributed by atoms with Crippen LogP contribution in [-0.4, -0.2) is 19.3 Å². The highest BCUT2D eigenvalue weighted by Crippen LogP contribution is 2.32. The number of nitro benzene ring substituents is 1. The minimum atomic E-state index is -3.81. The summed E-state index contributed by atoms with van der Waals surface area (Å²) in [4.78, 5) is 22.5. The average Bonchev–Trinajstić information content (AvgIpc) is 2.69. The first-order valence-corrected chi connectivity index (χ1v) is 10.5. The van der Waals surface area contributed by atoms with E-state index in [0.29, 0.717) is 5.56 Å². The molecule has 0 fully saturated rings. The lowest BCUT2D eigenvalue weighted by molar-refractivity contribution is -0.384. The topological polar surface area (TPSA) is 104 Å². The highest BCUT2D eigenvalue weighted by Gasteiger charge is 2.22. The van der Waals surface area contributed by atoms with E-state index in [4.69, 9.17) is 16.3 Å². The van der Waals surface area contributed by atoms with E-state index in [1.165, 1.54) is 48.5 Å². The van der Waals surface area contributed by atoms with E-state index in [0.717, 1.165) is 5.56 Å². The first kappa shape index (κ1) is 21.5. The van der Waals surface area contributed by atoms with Gasteiger partial charge in [-0.3, -0.25) is 10.1 Å². The van der Waals surface area contributed by atoms with Gasteiger partial charge in [0, 0.05) is 12.1 Å². The number of carbonyl (C=O) groups is 1. The van der Waals surface area contributed by atoms with Crippen molar-refractivity contribution < 1.29 is 22.9 Å². The summed E-state index contributed by atoms with van der Waals surface area (Å²) in [6.07, 6.45) is 0. The lowest BCUT2D eigenvalue weighted by atomic mass is 10.2. The number of sulfone groups is 1. The van der Waals surface area contributed by atoms with Gasteiger partial charge in [-0.2, -0.15) is 0 Å². The highest BCUT2D eigenvalue weighted by molar-refractivity contribution is 7.91. The number of ether oxygens (including phenoxy) is 1.